The number of thiazole rings is 1. The van der Waals surface area contributed by atoms with E-state index in [2.05, 4.69) is 20.9 Å². The molecule has 0 radical (unpaired) electrons. The maximum Gasteiger partial charge on any atom is 0.271 e. The summed E-state index contributed by atoms with van der Waals surface area (Å²) in [4.78, 5) is 30.6. The first-order valence-electron chi connectivity index (χ1n) is 8.48. The zero-order valence-corrected chi connectivity index (χ0v) is 17.4. The largest absolute Gasteiger partial charge is 0.353 e. The highest BCUT2D eigenvalue weighted by atomic mass is 35.5. The lowest BCUT2D eigenvalue weighted by Gasteiger charge is -2.15. The van der Waals surface area contributed by atoms with Crippen LogP contribution in [0.15, 0.2) is 23.6 Å². The first kappa shape index (κ1) is 21.1. The molecule has 3 N–H and O–H groups in total. The number of amides is 2. The van der Waals surface area contributed by atoms with E-state index in [4.69, 9.17) is 11.6 Å². The van der Waals surface area contributed by atoms with E-state index in [0.29, 0.717) is 16.7 Å². The molecule has 0 bridgehead atoms. The highest BCUT2D eigenvalue weighted by molar-refractivity contribution is 7.14. The average molecular weight is 410 g/mol. The predicted molar refractivity (Wildman–Crippen MR) is 110 cm³/mol. The Balaban J connectivity index is 1.92. The van der Waals surface area contributed by atoms with Crippen molar-refractivity contribution in [3.05, 3.63) is 39.9 Å². The van der Waals surface area contributed by atoms with Gasteiger partial charge < -0.3 is 20.9 Å². The maximum atomic E-state index is 12.3. The van der Waals surface area contributed by atoms with Gasteiger partial charge in [0.15, 0.2) is 5.13 Å². The van der Waals surface area contributed by atoms with E-state index in [0.717, 1.165) is 17.8 Å². The molecule has 9 heteroatoms. The van der Waals surface area contributed by atoms with Gasteiger partial charge in [0.2, 0.25) is 5.91 Å². The minimum atomic E-state index is -0.645. The molecule has 0 aliphatic rings. The smallest absolute Gasteiger partial charge is 0.271 e. The van der Waals surface area contributed by atoms with Crippen molar-refractivity contribution in [1.29, 1.82) is 0 Å². The predicted octanol–water partition coefficient (Wildman–Crippen LogP) is 2.64. The summed E-state index contributed by atoms with van der Waals surface area (Å²) < 4.78 is 0. The van der Waals surface area contributed by atoms with E-state index in [-0.39, 0.29) is 11.6 Å². The number of likely N-dealkylation sites (N-methyl/N-ethyl adjacent to an activating group) is 1. The Labute approximate surface area is 168 Å². The number of halogens is 1. The fourth-order valence-electron chi connectivity index (χ4n) is 2.17. The van der Waals surface area contributed by atoms with Crippen molar-refractivity contribution >= 4 is 45.6 Å². The van der Waals surface area contributed by atoms with Gasteiger partial charge in [0.1, 0.15) is 11.7 Å². The summed E-state index contributed by atoms with van der Waals surface area (Å²) in [5.74, 6) is -0.620. The summed E-state index contributed by atoms with van der Waals surface area (Å²) in [5.41, 5.74) is 2.11. The Morgan fingerprint density at radius 1 is 1.33 bits per heavy atom. The van der Waals surface area contributed by atoms with Crippen LogP contribution in [0.2, 0.25) is 5.02 Å². The van der Waals surface area contributed by atoms with E-state index in [1.54, 1.807) is 18.4 Å². The van der Waals surface area contributed by atoms with Crippen LogP contribution in [0.5, 0.6) is 0 Å². The highest BCUT2D eigenvalue weighted by Gasteiger charge is 2.18. The van der Waals surface area contributed by atoms with Gasteiger partial charge in [-0.05, 0) is 45.6 Å². The standard InChI is InChI=1S/C18H24ClN5O2S/c1-11-5-6-13(19)9-14(11)22-18-23-15(10-27-18)17(26)21-12(2)16(25)20-7-8-24(3)4/h5-6,9-10,12H,7-8H2,1-4H3,(H,20,25)(H,21,26)(H,22,23)/t12-/m0/s1. The molecule has 0 unspecified atom stereocenters. The third kappa shape index (κ3) is 6.50. The summed E-state index contributed by atoms with van der Waals surface area (Å²) in [6.07, 6.45) is 0. The lowest BCUT2D eigenvalue weighted by molar-refractivity contribution is -0.122. The number of nitrogens with zero attached hydrogens (tertiary/aromatic N) is 2. The monoisotopic (exact) mass is 409 g/mol. The molecule has 146 valence electrons. The van der Waals surface area contributed by atoms with Crippen molar-refractivity contribution in [1.82, 2.24) is 20.5 Å². The highest BCUT2D eigenvalue weighted by Crippen LogP contribution is 2.26. The van der Waals surface area contributed by atoms with Gasteiger partial charge in [-0.15, -0.1) is 11.3 Å². The second-order valence-electron chi connectivity index (χ2n) is 6.41. The van der Waals surface area contributed by atoms with E-state index < -0.39 is 11.9 Å². The van der Waals surface area contributed by atoms with Crippen molar-refractivity contribution in [2.24, 2.45) is 0 Å². The fourth-order valence-corrected chi connectivity index (χ4v) is 3.05. The number of nitrogens with one attached hydrogen (secondary N) is 3. The van der Waals surface area contributed by atoms with Gasteiger partial charge in [0.25, 0.3) is 5.91 Å². The van der Waals surface area contributed by atoms with Crippen LogP contribution >= 0.6 is 22.9 Å². The van der Waals surface area contributed by atoms with Crippen LogP contribution in [0.3, 0.4) is 0 Å². The first-order chi connectivity index (χ1) is 12.8. The molecule has 1 atom stereocenters. The topological polar surface area (TPSA) is 86.4 Å². The number of aryl methyl sites for hydroxylation is 1. The first-order valence-corrected chi connectivity index (χ1v) is 9.74. The third-order valence-electron chi connectivity index (χ3n) is 3.78. The molecule has 1 aromatic heterocycles. The summed E-state index contributed by atoms with van der Waals surface area (Å²) >= 11 is 7.33. The quantitative estimate of drug-likeness (QED) is 0.624. The number of hydrogen-bond donors (Lipinski definition) is 3. The summed E-state index contributed by atoms with van der Waals surface area (Å²) in [5, 5.41) is 11.4. The molecule has 2 rings (SSSR count). The van der Waals surface area contributed by atoms with Crippen LogP contribution in [0.25, 0.3) is 0 Å². The second-order valence-corrected chi connectivity index (χ2v) is 7.71. The molecule has 0 saturated carbocycles. The Morgan fingerprint density at radius 3 is 2.78 bits per heavy atom. The lowest BCUT2D eigenvalue weighted by atomic mass is 10.2. The molecule has 2 amide bonds. The van der Waals surface area contributed by atoms with Crippen molar-refractivity contribution in [2.45, 2.75) is 19.9 Å². The van der Waals surface area contributed by atoms with Crippen molar-refractivity contribution in [2.75, 3.05) is 32.5 Å². The van der Waals surface area contributed by atoms with Crippen LogP contribution in [-0.2, 0) is 4.79 Å². The van der Waals surface area contributed by atoms with Gasteiger partial charge in [0, 0.05) is 29.2 Å². The number of rotatable bonds is 8. The Morgan fingerprint density at radius 2 is 2.07 bits per heavy atom. The van der Waals surface area contributed by atoms with Gasteiger partial charge in [-0.1, -0.05) is 17.7 Å². The van der Waals surface area contributed by atoms with E-state index in [1.807, 2.05) is 38.1 Å². The van der Waals surface area contributed by atoms with Crippen molar-refractivity contribution < 1.29 is 9.59 Å². The van der Waals surface area contributed by atoms with E-state index in [9.17, 15) is 9.59 Å². The molecule has 2 aromatic rings. The van der Waals surface area contributed by atoms with Gasteiger partial charge in [-0.2, -0.15) is 0 Å². The molecule has 7 nitrogen and oxygen atoms in total. The summed E-state index contributed by atoms with van der Waals surface area (Å²) in [7, 11) is 3.85. The molecule has 1 aromatic carbocycles. The van der Waals surface area contributed by atoms with Gasteiger partial charge in [0.05, 0.1) is 0 Å². The number of benzene rings is 1. The SMILES string of the molecule is Cc1ccc(Cl)cc1Nc1nc(C(=O)N[C@@H](C)C(=O)NCCN(C)C)cs1. The molecule has 0 fully saturated rings. The van der Waals surface area contributed by atoms with E-state index in [1.165, 1.54) is 11.3 Å². The van der Waals surface area contributed by atoms with E-state index >= 15 is 0 Å². The van der Waals surface area contributed by atoms with Crippen LogP contribution < -0.4 is 16.0 Å². The summed E-state index contributed by atoms with van der Waals surface area (Å²) in [6.45, 7) is 4.85. The van der Waals surface area contributed by atoms with Crippen molar-refractivity contribution in [3.63, 3.8) is 0 Å². The molecule has 1 heterocycles. The lowest BCUT2D eigenvalue weighted by Crippen LogP contribution is -2.46. The molecule has 0 saturated heterocycles. The van der Waals surface area contributed by atoms with Crippen molar-refractivity contribution in [3.8, 4) is 0 Å². The van der Waals surface area contributed by atoms with Crippen LogP contribution in [0, 0.1) is 6.92 Å². The molecule has 0 aliphatic heterocycles. The Bertz CT molecular complexity index is 809. The molecule has 27 heavy (non-hydrogen) atoms. The number of hydrogen-bond acceptors (Lipinski definition) is 6. The minimum Gasteiger partial charge on any atom is -0.353 e. The van der Waals surface area contributed by atoms with Gasteiger partial charge >= 0.3 is 0 Å². The fraction of sp³-hybridized carbons (Fsp3) is 0.389. The molecule has 0 aliphatic carbocycles. The zero-order chi connectivity index (χ0) is 20.0. The second kappa shape index (κ2) is 9.68. The number of aromatic nitrogens is 1. The van der Waals surface area contributed by atoms with Crippen LogP contribution in [0.4, 0.5) is 10.8 Å². The zero-order valence-electron chi connectivity index (χ0n) is 15.8. The number of carbonyl (C=O) groups excluding carboxylic acids is 2. The maximum absolute atomic E-state index is 12.3. The third-order valence-corrected chi connectivity index (χ3v) is 4.77. The summed E-state index contributed by atoms with van der Waals surface area (Å²) in [6, 6.07) is 4.88. The molecule has 0 spiro atoms. The minimum absolute atomic E-state index is 0.228. The Kier molecular flexibility index (Phi) is 7.58. The molecular weight excluding hydrogens is 386 g/mol. The van der Waals surface area contributed by atoms with Gasteiger partial charge in [-0.3, -0.25) is 9.59 Å². The number of anilines is 2. The van der Waals surface area contributed by atoms with Gasteiger partial charge in [-0.25, -0.2) is 4.98 Å². The molecular formula is C18H24ClN5O2S. The van der Waals surface area contributed by atoms with Crippen LogP contribution in [0.1, 0.15) is 23.0 Å². The normalized spacial score (nSPS) is 11.9. The average Bonchev–Trinajstić information content (AvgIpc) is 3.06. The van der Waals surface area contributed by atoms with Crippen LogP contribution in [-0.4, -0.2) is 54.9 Å². The Hall–Kier alpha value is -2.16. The number of carbonyl (C=O) groups is 2.